The zero-order valence-corrected chi connectivity index (χ0v) is 12.8. The van der Waals surface area contributed by atoms with Gasteiger partial charge in [0.2, 0.25) is 0 Å². The summed E-state index contributed by atoms with van der Waals surface area (Å²) in [7, 11) is 0. The molecule has 3 aromatic rings. The van der Waals surface area contributed by atoms with E-state index >= 15 is 0 Å². The molecule has 1 amide bonds. The van der Waals surface area contributed by atoms with Gasteiger partial charge in [-0.15, -0.1) is 0 Å². The summed E-state index contributed by atoms with van der Waals surface area (Å²) >= 11 is 0. The third kappa shape index (κ3) is 3.67. The van der Waals surface area contributed by atoms with Crippen LogP contribution in [0.4, 0.5) is 0 Å². The summed E-state index contributed by atoms with van der Waals surface area (Å²) in [5, 5.41) is 10.2. The highest BCUT2D eigenvalue weighted by Gasteiger charge is 2.15. The molecule has 0 spiro atoms. The smallest absolute Gasteiger partial charge is 0.271 e. The number of primary amides is 1. The molecule has 3 rings (SSSR count). The predicted molar refractivity (Wildman–Crippen MR) is 91.3 cm³/mol. The third-order valence-corrected chi connectivity index (χ3v) is 3.34. The fraction of sp³-hybridized carbons (Fsp3) is 0.0556. The van der Waals surface area contributed by atoms with Gasteiger partial charge in [0.1, 0.15) is 18.1 Å². The molecule has 0 saturated carbocycles. The predicted octanol–water partition coefficient (Wildman–Crippen LogP) is 2.66. The standard InChI is InChI=1S/C18H16N4O2/c19-18(23)17-16(20-22-21-17)14-9-4-10-15(12-14)24-11-5-8-13-6-2-1-3-7-13/h1-10,12H,11H2,(H2,19,23)(H,20,21,22). The second-order valence-electron chi connectivity index (χ2n) is 5.04. The number of nitrogens with two attached hydrogens (primary N) is 1. The number of rotatable bonds is 6. The summed E-state index contributed by atoms with van der Waals surface area (Å²) in [6.45, 7) is 0.430. The highest BCUT2D eigenvalue weighted by Crippen LogP contribution is 2.24. The van der Waals surface area contributed by atoms with Crippen LogP contribution in [-0.4, -0.2) is 27.9 Å². The van der Waals surface area contributed by atoms with Crippen LogP contribution < -0.4 is 10.5 Å². The van der Waals surface area contributed by atoms with Crippen molar-refractivity contribution in [2.75, 3.05) is 6.61 Å². The molecule has 3 N–H and O–H groups in total. The molecule has 0 atom stereocenters. The van der Waals surface area contributed by atoms with Gasteiger partial charge in [0.15, 0.2) is 5.69 Å². The Morgan fingerprint density at radius 1 is 1.12 bits per heavy atom. The van der Waals surface area contributed by atoms with Crippen LogP contribution in [0.25, 0.3) is 17.3 Å². The molecule has 0 aliphatic carbocycles. The van der Waals surface area contributed by atoms with Crippen molar-refractivity contribution >= 4 is 12.0 Å². The van der Waals surface area contributed by atoms with Crippen LogP contribution in [0.3, 0.4) is 0 Å². The van der Waals surface area contributed by atoms with Crippen LogP contribution in [0.15, 0.2) is 60.7 Å². The Bertz CT molecular complexity index is 856. The number of nitrogens with zero attached hydrogens (tertiary/aromatic N) is 2. The van der Waals surface area contributed by atoms with Crippen LogP contribution in [-0.2, 0) is 0 Å². The maximum Gasteiger partial charge on any atom is 0.271 e. The molecular weight excluding hydrogens is 304 g/mol. The monoisotopic (exact) mass is 320 g/mol. The van der Waals surface area contributed by atoms with Crippen LogP contribution in [0, 0.1) is 0 Å². The summed E-state index contributed by atoms with van der Waals surface area (Å²) in [4.78, 5) is 11.3. The van der Waals surface area contributed by atoms with Crippen molar-refractivity contribution in [1.82, 2.24) is 15.4 Å². The van der Waals surface area contributed by atoms with Crippen LogP contribution >= 0.6 is 0 Å². The highest BCUT2D eigenvalue weighted by atomic mass is 16.5. The van der Waals surface area contributed by atoms with E-state index in [1.807, 2.05) is 60.7 Å². The highest BCUT2D eigenvalue weighted by molar-refractivity contribution is 5.96. The maximum absolute atomic E-state index is 11.3. The number of aromatic amines is 1. The molecule has 0 saturated heterocycles. The van der Waals surface area contributed by atoms with E-state index in [9.17, 15) is 4.79 Å². The summed E-state index contributed by atoms with van der Waals surface area (Å²) in [6.07, 6.45) is 3.93. The summed E-state index contributed by atoms with van der Waals surface area (Å²) in [5.41, 5.74) is 7.63. The van der Waals surface area contributed by atoms with Gasteiger partial charge in [-0.25, -0.2) is 0 Å². The Labute approximate surface area is 139 Å². The molecule has 120 valence electrons. The van der Waals surface area contributed by atoms with Crippen LogP contribution in [0.1, 0.15) is 16.1 Å². The van der Waals surface area contributed by atoms with Crippen LogP contribution in [0.2, 0.25) is 0 Å². The van der Waals surface area contributed by atoms with Crippen molar-refractivity contribution in [2.24, 2.45) is 5.73 Å². The van der Waals surface area contributed by atoms with Crippen molar-refractivity contribution in [3.05, 3.63) is 71.9 Å². The summed E-state index contributed by atoms with van der Waals surface area (Å²) < 4.78 is 5.71. The van der Waals surface area contributed by atoms with Crippen molar-refractivity contribution in [2.45, 2.75) is 0 Å². The van der Waals surface area contributed by atoms with E-state index in [0.29, 0.717) is 23.6 Å². The zero-order chi connectivity index (χ0) is 16.8. The first-order valence-corrected chi connectivity index (χ1v) is 7.39. The molecule has 1 aromatic heterocycles. The average molecular weight is 320 g/mol. The molecule has 0 unspecified atom stereocenters. The molecule has 1 heterocycles. The number of H-pyrrole nitrogens is 1. The minimum absolute atomic E-state index is 0.108. The first-order valence-electron chi connectivity index (χ1n) is 7.39. The first-order chi connectivity index (χ1) is 11.7. The second kappa shape index (κ2) is 7.23. The van der Waals surface area contributed by atoms with E-state index in [-0.39, 0.29) is 5.69 Å². The van der Waals surface area contributed by atoms with Crippen molar-refractivity contribution < 1.29 is 9.53 Å². The second-order valence-corrected chi connectivity index (χ2v) is 5.04. The number of hydrogen-bond acceptors (Lipinski definition) is 4. The van der Waals surface area contributed by atoms with Crippen molar-refractivity contribution in [1.29, 1.82) is 0 Å². The average Bonchev–Trinajstić information content (AvgIpc) is 3.10. The molecule has 2 aromatic carbocycles. The van der Waals surface area contributed by atoms with E-state index in [4.69, 9.17) is 10.5 Å². The van der Waals surface area contributed by atoms with E-state index in [0.717, 1.165) is 5.56 Å². The molecule has 0 aliphatic heterocycles. The fourth-order valence-electron chi connectivity index (χ4n) is 2.23. The number of amides is 1. The lowest BCUT2D eigenvalue weighted by atomic mass is 10.1. The number of carbonyl (C=O) groups excluding carboxylic acids is 1. The molecular formula is C18H16N4O2. The number of nitrogens with one attached hydrogen (secondary N) is 1. The Morgan fingerprint density at radius 2 is 1.96 bits per heavy atom. The van der Waals surface area contributed by atoms with E-state index < -0.39 is 5.91 Å². The van der Waals surface area contributed by atoms with Gasteiger partial charge < -0.3 is 10.5 Å². The van der Waals surface area contributed by atoms with Gasteiger partial charge in [-0.1, -0.05) is 48.5 Å². The zero-order valence-electron chi connectivity index (χ0n) is 12.8. The Morgan fingerprint density at radius 3 is 2.75 bits per heavy atom. The minimum atomic E-state index is -0.629. The van der Waals surface area contributed by atoms with Crippen molar-refractivity contribution in [3.8, 4) is 17.0 Å². The fourth-order valence-corrected chi connectivity index (χ4v) is 2.23. The quantitative estimate of drug-likeness (QED) is 0.730. The van der Waals surface area contributed by atoms with Crippen LogP contribution in [0.5, 0.6) is 5.75 Å². The summed E-state index contributed by atoms with van der Waals surface area (Å²) in [5.74, 6) is 0.0412. The molecule has 0 fully saturated rings. The molecule has 6 nitrogen and oxygen atoms in total. The van der Waals surface area contributed by atoms with Gasteiger partial charge in [0.05, 0.1) is 0 Å². The lowest BCUT2D eigenvalue weighted by molar-refractivity contribution is 0.0996. The maximum atomic E-state index is 11.3. The van der Waals surface area contributed by atoms with Gasteiger partial charge in [-0.2, -0.15) is 15.4 Å². The van der Waals surface area contributed by atoms with E-state index in [1.165, 1.54) is 0 Å². The molecule has 6 heteroatoms. The van der Waals surface area contributed by atoms with Gasteiger partial charge in [0.25, 0.3) is 5.91 Å². The SMILES string of the molecule is NC(=O)c1n[nH]nc1-c1cccc(OCC=Cc2ccccc2)c1. The molecule has 0 radical (unpaired) electrons. The Kier molecular flexibility index (Phi) is 4.67. The van der Waals surface area contributed by atoms with Gasteiger partial charge >= 0.3 is 0 Å². The summed E-state index contributed by atoms with van der Waals surface area (Å²) in [6, 6.07) is 17.3. The van der Waals surface area contributed by atoms with Gasteiger partial charge in [0, 0.05) is 5.56 Å². The lowest BCUT2D eigenvalue weighted by Crippen LogP contribution is -2.12. The number of carbonyl (C=O) groups is 1. The molecule has 0 aliphatic rings. The molecule has 0 bridgehead atoms. The third-order valence-electron chi connectivity index (χ3n) is 3.34. The Balaban J connectivity index is 1.68. The van der Waals surface area contributed by atoms with E-state index in [2.05, 4.69) is 15.4 Å². The topological polar surface area (TPSA) is 93.9 Å². The minimum Gasteiger partial charge on any atom is -0.490 e. The van der Waals surface area contributed by atoms with Gasteiger partial charge in [-0.3, -0.25) is 4.79 Å². The number of benzene rings is 2. The number of hydrogen-bond donors (Lipinski definition) is 2. The first kappa shape index (κ1) is 15.5. The van der Waals surface area contributed by atoms with E-state index in [1.54, 1.807) is 6.07 Å². The van der Waals surface area contributed by atoms with Gasteiger partial charge in [-0.05, 0) is 23.8 Å². The largest absolute Gasteiger partial charge is 0.490 e. The number of aromatic nitrogens is 3. The molecule has 24 heavy (non-hydrogen) atoms. The normalized spacial score (nSPS) is 10.8. The Hall–Kier alpha value is -3.41. The number of ether oxygens (including phenoxy) is 1. The van der Waals surface area contributed by atoms with Crippen molar-refractivity contribution in [3.63, 3.8) is 0 Å². The lowest BCUT2D eigenvalue weighted by Gasteiger charge is -2.05.